The molecule has 1 saturated carbocycles. The normalized spacial score (nSPS) is 20.1. The van der Waals surface area contributed by atoms with Crippen molar-refractivity contribution in [3.63, 3.8) is 0 Å². The SMILES string of the molecule is Cc1ccc(CN2C(=O)c3cc4ccc(C)cc4n3C[C@]2(C(=O)NC2CCCCCCC2)c2ccccc2)cc1. The molecule has 4 aromatic rings. The van der Waals surface area contributed by atoms with Crippen LogP contribution in [-0.2, 0) is 23.4 Å². The highest BCUT2D eigenvalue weighted by molar-refractivity contribution is 6.04. The number of aromatic nitrogens is 1. The van der Waals surface area contributed by atoms with Gasteiger partial charge in [-0.15, -0.1) is 0 Å². The number of carbonyl (C=O) groups excluding carboxylic acids is 2. The number of hydrogen-bond donors (Lipinski definition) is 1. The first-order valence-electron chi connectivity index (χ1n) is 14.8. The molecule has 1 N–H and O–H groups in total. The molecule has 0 saturated heterocycles. The monoisotopic (exact) mass is 533 g/mol. The molecule has 1 aromatic heterocycles. The van der Waals surface area contributed by atoms with Crippen LogP contribution in [0.15, 0.2) is 78.9 Å². The lowest BCUT2D eigenvalue weighted by molar-refractivity contribution is -0.136. The number of amides is 2. The fraction of sp³-hybridized carbons (Fsp3) is 0.371. The Balaban J connectivity index is 1.52. The summed E-state index contributed by atoms with van der Waals surface area (Å²) in [7, 11) is 0. The van der Waals surface area contributed by atoms with E-state index in [0.717, 1.165) is 53.3 Å². The first kappa shape index (κ1) is 26.4. The third kappa shape index (κ3) is 4.83. The number of nitrogens with zero attached hydrogens (tertiary/aromatic N) is 2. The van der Waals surface area contributed by atoms with Gasteiger partial charge in [-0.25, -0.2) is 0 Å². The zero-order valence-electron chi connectivity index (χ0n) is 23.7. The highest BCUT2D eigenvalue weighted by atomic mass is 16.2. The van der Waals surface area contributed by atoms with Crippen LogP contribution < -0.4 is 5.32 Å². The van der Waals surface area contributed by atoms with Crippen LogP contribution >= 0.6 is 0 Å². The van der Waals surface area contributed by atoms with Crippen molar-refractivity contribution in [2.75, 3.05) is 0 Å². The van der Waals surface area contributed by atoms with Gasteiger partial charge in [0.15, 0.2) is 5.54 Å². The van der Waals surface area contributed by atoms with Crippen LogP contribution in [-0.4, -0.2) is 27.3 Å². The Morgan fingerprint density at radius 3 is 2.25 bits per heavy atom. The zero-order valence-corrected chi connectivity index (χ0v) is 23.7. The highest BCUT2D eigenvalue weighted by Crippen LogP contribution is 2.40. The van der Waals surface area contributed by atoms with E-state index in [9.17, 15) is 9.59 Å². The molecule has 6 rings (SSSR count). The van der Waals surface area contributed by atoms with Gasteiger partial charge in [-0.1, -0.05) is 104 Å². The number of aryl methyl sites for hydroxylation is 2. The summed E-state index contributed by atoms with van der Waals surface area (Å²) >= 11 is 0. The minimum Gasteiger partial charge on any atom is -0.351 e. The van der Waals surface area contributed by atoms with Gasteiger partial charge in [0.05, 0.1) is 6.54 Å². The topological polar surface area (TPSA) is 54.3 Å². The lowest BCUT2D eigenvalue weighted by Crippen LogP contribution is -2.64. The minimum atomic E-state index is -1.19. The summed E-state index contributed by atoms with van der Waals surface area (Å²) in [5, 5.41) is 4.50. The lowest BCUT2D eigenvalue weighted by atomic mass is 9.83. The fourth-order valence-corrected chi connectivity index (χ4v) is 6.61. The molecule has 5 nitrogen and oxygen atoms in total. The predicted octanol–water partition coefficient (Wildman–Crippen LogP) is 7.04. The van der Waals surface area contributed by atoms with Crippen molar-refractivity contribution in [1.82, 2.24) is 14.8 Å². The van der Waals surface area contributed by atoms with Crippen molar-refractivity contribution in [2.45, 2.75) is 83.5 Å². The van der Waals surface area contributed by atoms with Crippen LogP contribution in [0.4, 0.5) is 0 Å². The van der Waals surface area contributed by atoms with E-state index in [1.165, 1.54) is 24.8 Å². The molecule has 2 amide bonds. The Kier molecular flexibility index (Phi) is 7.22. The molecule has 2 aliphatic rings. The summed E-state index contributed by atoms with van der Waals surface area (Å²) in [6.45, 7) is 4.86. The number of fused-ring (bicyclic) bond motifs is 3. The van der Waals surface area contributed by atoms with E-state index < -0.39 is 5.54 Å². The molecular weight excluding hydrogens is 494 g/mol. The van der Waals surface area contributed by atoms with Gasteiger partial charge in [0, 0.05) is 23.5 Å². The average Bonchev–Trinajstić information content (AvgIpc) is 3.30. The molecule has 0 unspecified atom stereocenters. The Hall–Kier alpha value is -3.86. The molecule has 1 atom stereocenters. The molecule has 5 heteroatoms. The summed E-state index contributed by atoms with van der Waals surface area (Å²) in [6, 6.07) is 26.6. The van der Waals surface area contributed by atoms with E-state index in [2.05, 4.69) is 66.2 Å². The van der Waals surface area contributed by atoms with E-state index in [-0.39, 0.29) is 17.9 Å². The second-order valence-electron chi connectivity index (χ2n) is 11.8. The molecule has 3 aromatic carbocycles. The fourth-order valence-electron chi connectivity index (χ4n) is 6.61. The molecule has 2 heterocycles. The maximum absolute atomic E-state index is 14.8. The first-order valence-corrected chi connectivity index (χ1v) is 14.8. The van der Waals surface area contributed by atoms with Crippen molar-refractivity contribution in [2.24, 2.45) is 0 Å². The van der Waals surface area contributed by atoms with Crippen molar-refractivity contribution >= 4 is 22.7 Å². The minimum absolute atomic E-state index is 0.0788. The summed E-state index contributed by atoms with van der Waals surface area (Å²) in [4.78, 5) is 31.2. The van der Waals surface area contributed by atoms with E-state index in [1.54, 1.807) is 0 Å². The van der Waals surface area contributed by atoms with Crippen LogP contribution in [0.25, 0.3) is 10.9 Å². The van der Waals surface area contributed by atoms with Gasteiger partial charge in [0.25, 0.3) is 11.8 Å². The molecule has 1 aliphatic carbocycles. The van der Waals surface area contributed by atoms with Gasteiger partial charge < -0.3 is 14.8 Å². The predicted molar refractivity (Wildman–Crippen MR) is 160 cm³/mol. The Morgan fingerprint density at radius 2 is 1.52 bits per heavy atom. The molecule has 0 radical (unpaired) electrons. The Morgan fingerprint density at radius 1 is 0.850 bits per heavy atom. The van der Waals surface area contributed by atoms with Gasteiger partial charge in [0.1, 0.15) is 5.69 Å². The zero-order chi connectivity index (χ0) is 27.7. The quantitative estimate of drug-likeness (QED) is 0.299. The van der Waals surface area contributed by atoms with Gasteiger partial charge in [0.2, 0.25) is 0 Å². The Bertz CT molecular complexity index is 1510. The largest absolute Gasteiger partial charge is 0.351 e. The summed E-state index contributed by atoms with van der Waals surface area (Å²) in [5.74, 6) is -0.192. The summed E-state index contributed by atoms with van der Waals surface area (Å²) < 4.78 is 2.08. The van der Waals surface area contributed by atoms with Crippen molar-refractivity contribution < 1.29 is 9.59 Å². The van der Waals surface area contributed by atoms with Crippen LogP contribution in [0.1, 0.15) is 77.7 Å². The molecule has 1 aliphatic heterocycles. The van der Waals surface area contributed by atoms with Gasteiger partial charge in [-0.2, -0.15) is 0 Å². The maximum atomic E-state index is 14.8. The molecule has 40 heavy (non-hydrogen) atoms. The smallest absolute Gasteiger partial charge is 0.272 e. The number of rotatable bonds is 5. The summed E-state index contributed by atoms with van der Waals surface area (Å²) in [5.41, 5.74) is 4.61. The van der Waals surface area contributed by atoms with Crippen LogP contribution in [0.3, 0.4) is 0 Å². The standard InChI is InChI=1S/C35H39N3O2/c1-25-15-18-27(19-16-25)23-38-33(39)32-22-28-20-17-26(2)21-31(28)37(32)24-35(38,29-11-7-6-8-12-29)34(40)36-30-13-9-4-3-5-10-14-30/h6-8,11-12,15-22,30H,3-5,9-10,13-14,23-24H2,1-2H3,(H,36,40)/t35-/m1/s1. The van der Waals surface area contributed by atoms with Crippen LogP contribution in [0.5, 0.6) is 0 Å². The summed E-state index contributed by atoms with van der Waals surface area (Å²) in [6.07, 6.45) is 7.93. The number of nitrogens with one attached hydrogen (secondary N) is 1. The molecule has 1 fully saturated rings. The molecule has 0 bridgehead atoms. The van der Waals surface area contributed by atoms with Gasteiger partial charge in [-0.05, 0) is 55.5 Å². The van der Waals surface area contributed by atoms with E-state index in [0.29, 0.717) is 18.8 Å². The van der Waals surface area contributed by atoms with E-state index in [4.69, 9.17) is 0 Å². The molecule has 0 spiro atoms. The average molecular weight is 534 g/mol. The third-order valence-electron chi connectivity index (χ3n) is 8.90. The molecule has 206 valence electrons. The van der Waals surface area contributed by atoms with Crippen LogP contribution in [0.2, 0.25) is 0 Å². The number of benzene rings is 3. The molecular formula is C35H39N3O2. The van der Waals surface area contributed by atoms with Crippen molar-refractivity contribution in [3.8, 4) is 0 Å². The van der Waals surface area contributed by atoms with Crippen molar-refractivity contribution in [3.05, 3.63) is 107 Å². The van der Waals surface area contributed by atoms with Crippen molar-refractivity contribution in [1.29, 1.82) is 0 Å². The van der Waals surface area contributed by atoms with Crippen LogP contribution in [0, 0.1) is 13.8 Å². The van der Waals surface area contributed by atoms with E-state index in [1.807, 2.05) is 41.3 Å². The van der Waals surface area contributed by atoms with Gasteiger partial charge >= 0.3 is 0 Å². The third-order valence-corrected chi connectivity index (χ3v) is 8.90. The first-order chi connectivity index (χ1) is 19.5. The lowest BCUT2D eigenvalue weighted by Gasteiger charge is -2.47. The second-order valence-corrected chi connectivity index (χ2v) is 11.8. The number of carbonyl (C=O) groups is 2. The van der Waals surface area contributed by atoms with E-state index >= 15 is 0 Å². The maximum Gasteiger partial charge on any atom is 0.272 e. The second kappa shape index (κ2) is 11.0. The number of hydrogen-bond acceptors (Lipinski definition) is 2. The van der Waals surface area contributed by atoms with Gasteiger partial charge in [-0.3, -0.25) is 9.59 Å². The Labute approximate surface area is 237 Å². The highest BCUT2D eigenvalue weighted by Gasteiger charge is 2.52.